The van der Waals surface area contributed by atoms with E-state index in [4.69, 9.17) is 10.9 Å². The van der Waals surface area contributed by atoms with E-state index in [9.17, 15) is 0 Å². The number of rotatable bonds is 2. The molecule has 5 nitrogen and oxygen atoms in total. The highest BCUT2D eigenvalue weighted by atomic mass is 16.4. The molecular formula is C15H16N4O. The summed E-state index contributed by atoms with van der Waals surface area (Å²) in [7, 11) is 0. The van der Waals surface area contributed by atoms with Gasteiger partial charge in [0.25, 0.3) is 0 Å². The summed E-state index contributed by atoms with van der Waals surface area (Å²) in [5, 5.41) is 12.0. The van der Waals surface area contributed by atoms with Crippen LogP contribution >= 0.6 is 0 Å². The van der Waals surface area contributed by atoms with Gasteiger partial charge in [-0.15, -0.1) is 0 Å². The molecule has 0 fully saturated rings. The number of anilines is 2. The molecule has 0 radical (unpaired) electrons. The highest BCUT2D eigenvalue weighted by molar-refractivity contribution is 6.02. The van der Waals surface area contributed by atoms with Gasteiger partial charge in [-0.25, -0.2) is 4.98 Å². The maximum Gasteiger partial charge on any atom is 0.173 e. The first-order valence-electron chi connectivity index (χ1n) is 6.51. The first-order chi connectivity index (χ1) is 9.70. The predicted molar refractivity (Wildman–Crippen MR) is 78.6 cm³/mol. The molecule has 0 spiro atoms. The molecule has 0 bridgehead atoms. The molecule has 0 atom stereocenters. The highest BCUT2D eigenvalue weighted by Crippen LogP contribution is 2.34. The molecule has 5 heteroatoms. The van der Waals surface area contributed by atoms with Gasteiger partial charge < -0.3 is 15.8 Å². The number of aromatic nitrogens is 1. The molecule has 0 saturated carbocycles. The summed E-state index contributed by atoms with van der Waals surface area (Å²) in [4.78, 5) is 6.70. The Balaban J connectivity index is 2.14. The third kappa shape index (κ3) is 1.97. The molecule has 102 valence electrons. The van der Waals surface area contributed by atoms with Crippen LogP contribution in [-0.2, 0) is 6.42 Å². The van der Waals surface area contributed by atoms with Gasteiger partial charge in [0.1, 0.15) is 5.82 Å². The maximum absolute atomic E-state index is 8.94. The van der Waals surface area contributed by atoms with Crippen LogP contribution in [0.3, 0.4) is 0 Å². The molecule has 0 aliphatic carbocycles. The second-order valence-electron chi connectivity index (χ2n) is 4.84. The fraction of sp³-hybridized carbons (Fsp3) is 0.200. The van der Waals surface area contributed by atoms with Crippen LogP contribution in [0, 0.1) is 6.92 Å². The van der Waals surface area contributed by atoms with Crippen molar-refractivity contribution in [1.29, 1.82) is 0 Å². The zero-order valence-corrected chi connectivity index (χ0v) is 11.2. The minimum absolute atomic E-state index is 0.0804. The normalized spacial score (nSPS) is 14.4. The van der Waals surface area contributed by atoms with Crippen molar-refractivity contribution in [2.45, 2.75) is 13.3 Å². The first kappa shape index (κ1) is 12.5. The molecule has 0 saturated heterocycles. The number of nitrogens with zero attached hydrogens (tertiary/aromatic N) is 3. The molecule has 1 aliphatic rings. The Hall–Kier alpha value is -2.56. The number of amidine groups is 1. The van der Waals surface area contributed by atoms with Crippen molar-refractivity contribution in [3.8, 4) is 0 Å². The standard InChI is InChI=1S/C15H16N4O/c1-10-6-7-12(14(16)18-20)15(17-10)19-9-8-11-4-2-3-5-13(11)19/h2-7,20H,8-9H2,1H3,(H2,16,18). The van der Waals surface area contributed by atoms with Gasteiger partial charge in [-0.05, 0) is 37.1 Å². The SMILES string of the molecule is Cc1ccc(C(N)=NO)c(N2CCc3ccccc32)n1. The molecule has 1 aromatic carbocycles. The molecule has 3 N–H and O–H groups in total. The fourth-order valence-corrected chi connectivity index (χ4v) is 2.56. The summed E-state index contributed by atoms with van der Waals surface area (Å²) < 4.78 is 0. The molecule has 1 aliphatic heterocycles. The number of hydrogen-bond acceptors (Lipinski definition) is 4. The topological polar surface area (TPSA) is 74.7 Å². The lowest BCUT2D eigenvalue weighted by Gasteiger charge is -2.21. The van der Waals surface area contributed by atoms with Crippen molar-refractivity contribution < 1.29 is 5.21 Å². The van der Waals surface area contributed by atoms with E-state index in [1.807, 2.05) is 31.2 Å². The minimum Gasteiger partial charge on any atom is -0.409 e. The molecule has 3 rings (SSSR count). The molecule has 2 heterocycles. The number of benzene rings is 1. The minimum atomic E-state index is 0.0804. The van der Waals surface area contributed by atoms with Gasteiger partial charge in [-0.2, -0.15) is 0 Å². The van der Waals surface area contributed by atoms with Crippen molar-refractivity contribution in [3.05, 3.63) is 53.2 Å². The highest BCUT2D eigenvalue weighted by Gasteiger charge is 2.24. The van der Waals surface area contributed by atoms with Gasteiger partial charge in [0.05, 0.1) is 5.56 Å². The van der Waals surface area contributed by atoms with Crippen molar-refractivity contribution in [2.24, 2.45) is 10.9 Å². The van der Waals surface area contributed by atoms with E-state index in [0.717, 1.165) is 30.2 Å². The van der Waals surface area contributed by atoms with Crippen molar-refractivity contribution in [3.63, 3.8) is 0 Å². The van der Waals surface area contributed by atoms with E-state index in [-0.39, 0.29) is 5.84 Å². The molecule has 0 amide bonds. The van der Waals surface area contributed by atoms with E-state index in [0.29, 0.717) is 5.56 Å². The summed E-state index contributed by atoms with van der Waals surface area (Å²) in [6.45, 7) is 2.78. The van der Waals surface area contributed by atoms with E-state index in [1.165, 1.54) is 5.56 Å². The van der Waals surface area contributed by atoms with Crippen LogP contribution in [-0.4, -0.2) is 22.6 Å². The molecular weight excluding hydrogens is 252 g/mol. The second kappa shape index (κ2) is 4.85. The maximum atomic E-state index is 8.94. The Morgan fingerprint density at radius 2 is 2.10 bits per heavy atom. The summed E-state index contributed by atoms with van der Waals surface area (Å²) in [5.74, 6) is 0.821. The number of oxime groups is 1. The van der Waals surface area contributed by atoms with Gasteiger partial charge in [0.2, 0.25) is 0 Å². The van der Waals surface area contributed by atoms with Crippen LogP contribution in [0.4, 0.5) is 11.5 Å². The number of fused-ring (bicyclic) bond motifs is 1. The fourth-order valence-electron chi connectivity index (χ4n) is 2.56. The number of pyridine rings is 1. The summed E-state index contributed by atoms with van der Waals surface area (Å²) in [5.41, 5.74) is 9.75. The third-order valence-corrected chi connectivity index (χ3v) is 3.54. The molecule has 1 aromatic heterocycles. The van der Waals surface area contributed by atoms with Crippen LogP contribution < -0.4 is 10.6 Å². The van der Waals surface area contributed by atoms with E-state index in [2.05, 4.69) is 27.2 Å². The predicted octanol–water partition coefficient (Wildman–Crippen LogP) is 2.18. The van der Waals surface area contributed by atoms with Crippen molar-refractivity contribution >= 4 is 17.3 Å². The van der Waals surface area contributed by atoms with Crippen LogP contribution in [0.2, 0.25) is 0 Å². The Morgan fingerprint density at radius 3 is 2.90 bits per heavy atom. The summed E-state index contributed by atoms with van der Waals surface area (Å²) in [6, 6.07) is 11.9. The Morgan fingerprint density at radius 1 is 1.30 bits per heavy atom. The lowest BCUT2D eigenvalue weighted by molar-refractivity contribution is 0.318. The lowest BCUT2D eigenvalue weighted by Crippen LogP contribution is -2.22. The number of nitrogens with two attached hydrogens (primary N) is 1. The van der Waals surface area contributed by atoms with Crippen LogP contribution in [0.25, 0.3) is 0 Å². The smallest absolute Gasteiger partial charge is 0.173 e. The van der Waals surface area contributed by atoms with Gasteiger partial charge in [-0.3, -0.25) is 0 Å². The Kier molecular flexibility index (Phi) is 3.02. The van der Waals surface area contributed by atoms with E-state index in [1.54, 1.807) is 0 Å². The van der Waals surface area contributed by atoms with E-state index >= 15 is 0 Å². The van der Waals surface area contributed by atoms with E-state index < -0.39 is 0 Å². The summed E-state index contributed by atoms with van der Waals surface area (Å²) >= 11 is 0. The molecule has 20 heavy (non-hydrogen) atoms. The second-order valence-corrected chi connectivity index (χ2v) is 4.84. The monoisotopic (exact) mass is 268 g/mol. The van der Waals surface area contributed by atoms with Gasteiger partial charge in [-0.1, -0.05) is 23.4 Å². The molecule has 0 unspecified atom stereocenters. The van der Waals surface area contributed by atoms with Gasteiger partial charge in [0.15, 0.2) is 5.84 Å². The number of aryl methyl sites for hydroxylation is 1. The van der Waals surface area contributed by atoms with Crippen molar-refractivity contribution in [2.75, 3.05) is 11.4 Å². The zero-order valence-electron chi connectivity index (χ0n) is 11.2. The van der Waals surface area contributed by atoms with Crippen molar-refractivity contribution in [1.82, 2.24) is 4.98 Å². The van der Waals surface area contributed by atoms with Crippen LogP contribution in [0.1, 0.15) is 16.8 Å². The molecule has 2 aromatic rings. The van der Waals surface area contributed by atoms with Crippen LogP contribution in [0.15, 0.2) is 41.6 Å². The number of para-hydroxylation sites is 1. The largest absolute Gasteiger partial charge is 0.409 e. The van der Waals surface area contributed by atoms with Gasteiger partial charge in [0, 0.05) is 17.9 Å². The Bertz CT molecular complexity index is 681. The first-order valence-corrected chi connectivity index (χ1v) is 6.51. The third-order valence-electron chi connectivity index (χ3n) is 3.54. The van der Waals surface area contributed by atoms with Gasteiger partial charge >= 0.3 is 0 Å². The Labute approximate surface area is 117 Å². The quantitative estimate of drug-likeness (QED) is 0.379. The number of hydrogen-bond donors (Lipinski definition) is 2. The van der Waals surface area contributed by atoms with Crippen LogP contribution in [0.5, 0.6) is 0 Å². The summed E-state index contributed by atoms with van der Waals surface area (Å²) in [6.07, 6.45) is 0.974. The zero-order chi connectivity index (χ0) is 14.1. The average Bonchev–Trinajstić information content (AvgIpc) is 2.90. The average molecular weight is 268 g/mol. The lowest BCUT2D eigenvalue weighted by atomic mass is 10.1.